The lowest BCUT2D eigenvalue weighted by molar-refractivity contribution is 0.632. The van der Waals surface area contributed by atoms with Crippen molar-refractivity contribution >= 4 is 6.34 Å². The first kappa shape index (κ1) is 5.88. The second-order valence-corrected chi connectivity index (χ2v) is 1.73. The predicted molar refractivity (Wildman–Crippen MR) is 37.7 cm³/mol. The topological polar surface area (TPSA) is 41.6 Å². The third-order valence-corrected chi connectivity index (χ3v) is 1.06. The predicted octanol–water partition coefficient (Wildman–Crippen LogP) is 0.274. The average molecular weight is 123 g/mol. The van der Waals surface area contributed by atoms with Crippen LogP contribution in [0.1, 0.15) is 0 Å². The van der Waals surface area contributed by atoms with Crippen molar-refractivity contribution < 1.29 is 0 Å². The van der Waals surface area contributed by atoms with E-state index in [4.69, 9.17) is 5.84 Å². The van der Waals surface area contributed by atoms with Gasteiger partial charge >= 0.3 is 0 Å². The van der Waals surface area contributed by atoms with E-state index in [9.17, 15) is 0 Å². The molecule has 0 radical (unpaired) electrons. The average Bonchev–Trinajstić information content (AvgIpc) is 1.91. The van der Waals surface area contributed by atoms with E-state index in [-0.39, 0.29) is 0 Å². The highest BCUT2D eigenvalue weighted by atomic mass is 15.2. The van der Waals surface area contributed by atoms with Crippen molar-refractivity contribution in [2.75, 3.05) is 6.54 Å². The summed E-state index contributed by atoms with van der Waals surface area (Å²) in [5, 5.41) is 3.38. The normalized spacial score (nSPS) is 17.6. The van der Waals surface area contributed by atoms with Gasteiger partial charge in [-0.05, 0) is 6.08 Å². The molecule has 1 aliphatic heterocycles. The molecule has 0 amide bonds. The van der Waals surface area contributed by atoms with Gasteiger partial charge < -0.3 is 10.7 Å². The van der Waals surface area contributed by atoms with Crippen molar-refractivity contribution in [2.45, 2.75) is 0 Å². The standard InChI is InChI=1S/C6H9N3/c7-8-6-9-4-2-1-3-5-9/h1-4,6H,5,7H2. The molecule has 0 saturated carbocycles. The second-order valence-electron chi connectivity index (χ2n) is 1.73. The number of nitrogens with zero attached hydrogens (tertiary/aromatic N) is 2. The Hall–Kier alpha value is -1.25. The highest BCUT2D eigenvalue weighted by molar-refractivity contribution is 5.56. The fraction of sp³-hybridized carbons (Fsp3) is 0.167. The van der Waals surface area contributed by atoms with E-state index in [0.717, 1.165) is 6.54 Å². The van der Waals surface area contributed by atoms with E-state index in [1.54, 1.807) is 6.34 Å². The van der Waals surface area contributed by atoms with Gasteiger partial charge in [-0.1, -0.05) is 12.2 Å². The molecule has 2 N–H and O–H groups in total. The Labute approximate surface area is 54.1 Å². The van der Waals surface area contributed by atoms with Crippen LogP contribution < -0.4 is 5.84 Å². The Morgan fingerprint density at radius 2 is 2.44 bits per heavy atom. The summed E-state index contributed by atoms with van der Waals surface area (Å²) in [6.07, 6.45) is 9.45. The molecule has 48 valence electrons. The van der Waals surface area contributed by atoms with Crippen molar-refractivity contribution in [3.8, 4) is 0 Å². The fourth-order valence-corrected chi connectivity index (χ4v) is 0.653. The Bertz CT molecular complexity index is 158. The van der Waals surface area contributed by atoms with E-state index in [2.05, 4.69) is 5.10 Å². The first-order chi connectivity index (χ1) is 4.43. The molecule has 0 aromatic heterocycles. The molecule has 1 heterocycles. The largest absolute Gasteiger partial charge is 0.334 e. The van der Waals surface area contributed by atoms with Gasteiger partial charge in [0.05, 0.1) is 0 Å². The summed E-state index contributed by atoms with van der Waals surface area (Å²) in [6.45, 7) is 0.858. The maximum atomic E-state index is 4.93. The number of hydrogen-bond donors (Lipinski definition) is 1. The molecule has 0 spiro atoms. The quantitative estimate of drug-likeness (QED) is 0.235. The lowest BCUT2D eigenvalue weighted by atomic mass is 10.4. The zero-order valence-electron chi connectivity index (χ0n) is 5.07. The number of allylic oxidation sites excluding steroid dienone is 2. The zero-order chi connectivity index (χ0) is 6.53. The summed E-state index contributed by atoms with van der Waals surface area (Å²) in [4.78, 5) is 1.89. The third-order valence-electron chi connectivity index (χ3n) is 1.06. The van der Waals surface area contributed by atoms with Crippen molar-refractivity contribution in [3.05, 3.63) is 24.4 Å². The van der Waals surface area contributed by atoms with Crippen molar-refractivity contribution in [2.24, 2.45) is 10.9 Å². The minimum atomic E-state index is 0.858. The maximum Gasteiger partial charge on any atom is 0.115 e. The second kappa shape index (κ2) is 2.91. The fourth-order valence-electron chi connectivity index (χ4n) is 0.653. The molecule has 1 aliphatic rings. The molecule has 0 aliphatic carbocycles. The summed E-state index contributed by atoms with van der Waals surface area (Å²) < 4.78 is 0. The van der Waals surface area contributed by atoms with E-state index >= 15 is 0 Å². The van der Waals surface area contributed by atoms with Gasteiger partial charge in [0.2, 0.25) is 0 Å². The van der Waals surface area contributed by atoms with E-state index in [0.29, 0.717) is 0 Å². The highest BCUT2D eigenvalue weighted by Crippen LogP contribution is 1.93. The van der Waals surface area contributed by atoms with Gasteiger partial charge in [0.15, 0.2) is 0 Å². The number of hydrogen-bond acceptors (Lipinski definition) is 2. The van der Waals surface area contributed by atoms with Crippen LogP contribution in [0.2, 0.25) is 0 Å². The summed E-state index contributed by atoms with van der Waals surface area (Å²) >= 11 is 0. The molecular weight excluding hydrogens is 114 g/mol. The van der Waals surface area contributed by atoms with Gasteiger partial charge in [0, 0.05) is 12.7 Å². The highest BCUT2D eigenvalue weighted by Gasteiger charge is 1.91. The minimum Gasteiger partial charge on any atom is -0.334 e. The van der Waals surface area contributed by atoms with Gasteiger partial charge in [0.1, 0.15) is 6.34 Å². The Balaban J connectivity index is 2.46. The molecule has 0 atom stereocenters. The molecule has 0 unspecified atom stereocenters. The molecule has 0 fully saturated rings. The van der Waals surface area contributed by atoms with Crippen LogP contribution in [-0.4, -0.2) is 17.8 Å². The van der Waals surface area contributed by atoms with Crippen LogP contribution in [-0.2, 0) is 0 Å². The summed E-state index contributed by atoms with van der Waals surface area (Å²) in [6, 6.07) is 0. The summed E-state index contributed by atoms with van der Waals surface area (Å²) in [5.41, 5.74) is 0. The van der Waals surface area contributed by atoms with Crippen LogP contribution in [0.3, 0.4) is 0 Å². The molecule has 0 aromatic rings. The molecule has 3 heteroatoms. The smallest absolute Gasteiger partial charge is 0.115 e. The third kappa shape index (κ3) is 1.60. The van der Waals surface area contributed by atoms with Gasteiger partial charge in [-0.15, -0.1) is 0 Å². The van der Waals surface area contributed by atoms with Crippen LogP contribution in [0.5, 0.6) is 0 Å². The van der Waals surface area contributed by atoms with Crippen LogP contribution >= 0.6 is 0 Å². The summed E-state index contributed by atoms with van der Waals surface area (Å²) in [5.74, 6) is 4.93. The molecule has 9 heavy (non-hydrogen) atoms. The number of nitrogens with two attached hydrogens (primary N) is 1. The first-order valence-electron chi connectivity index (χ1n) is 2.76. The SMILES string of the molecule is NN=CN1C=CC=CC1. The van der Waals surface area contributed by atoms with Crippen molar-refractivity contribution in [3.63, 3.8) is 0 Å². The first-order valence-corrected chi connectivity index (χ1v) is 2.76. The van der Waals surface area contributed by atoms with Crippen molar-refractivity contribution in [1.82, 2.24) is 4.90 Å². The van der Waals surface area contributed by atoms with Crippen LogP contribution in [0, 0.1) is 0 Å². The van der Waals surface area contributed by atoms with Crippen LogP contribution in [0.25, 0.3) is 0 Å². The monoisotopic (exact) mass is 123 g/mol. The molecule has 0 aromatic carbocycles. The van der Waals surface area contributed by atoms with Gasteiger partial charge in [0.25, 0.3) is 0 Å². The van der Waals surface area contributed by atoms with E-state index in [1.807, 2.05) is 29.3 Å². The summed E-state index contributed by atoms with van der Waals surface area (Å²) in [7, 11) is 0. The van der Waals surface area contributed by atoms with Crippen LogP contribution in [0.15, 0.2) is 29.5 Å². The molecule has 0 bridgehead atoms. The molecule has 1 rings (SSSR count). The van der Waals surface area contributed by atoms with E-state index in [1.165, 1.54) is 0 Å². The van der Waals surface area contributed by atoms with Gasteiger partial charge in [-0.25, -0.2) is 0 Å². The Morgan fingerprint density at radius 1 is 1.56 bits per heavy atom. The lowest BCUT2D eigenvalue weighted by Crippen LogP contribution is -2.17. The maximum absolute atomic E-state index is 4.93. The number of hydrazone groups is 1. The molecular formula is C6H9N3. The molecule has 0 saturated heterocycles. The number of rotatable bonds is 1. The van der Waals surface area contributed by atoms with Gasteiger partial charge in [-0.2, -0.15) is 5.10 Å². The Kier molecular flexibility index (Phi) is 1.90. The molecule has 3 nitrogen and oxygen atoms in total. The zero-order valence-corrected chi connectivity index (χ0v) is 5.07. The van der Waals surface area contributed by atoms with E-state index < -0.39 is 0 Å². The minimum absolute atomic E-state index is 0.858. The Morgan fingerprint density at radius 3 is 3.00 bits per heavy atom. The lowest BCUT2D eigenvalue weighted by Gasteiger charge is -2.12. The van der Waals surface area contributed by atoms with Crippen molar-refractivity contribution in [1.29, 1.82) is 0 Å². The van der Waals surface area contributed by atoms with Crippen LogP contribution in [0.4, 0.5) is 0 Å². The van der Waals surface area contributed by atoms with Gasteiger partial charge in [-0.3, -0.25) is 0 Å².